The van der Waals surface area contributed by atoms with Gasteiger partial charge in [0, 0.05) is 12.6 Å². The molecule has 0 bridgehead atoms. The van der Waals surface area contributed by atoms with Crippen LogP contribution in [0.15, 0.2) is 30.3 Å². The molecule has 2 aliphatic carbocycles. The number of benzene rings is 1. The van der Waals surface area contributed by atoms with Crippen LogP contribution < -0.4 is 10.1 Å². The summed E-state index contributed by atoms with van der Waals surface area (Å²) in [5.41, 5.74) is 0.556. The van der Waals surface area contributed by atoms with Crippen molar-refractivity contribution < 1.29 is 4.74 Å². The zero-order valence-corrected chi connectivity index (χ0v) is 13.2. The fourth-order valence-corrected chi connectivity index (χ4v) is 3.62. The Labute approximate surface area is 129 Å². The molecule has 2 fully saturated rings. The molecule has 21 heavy (non-hydrogen) atoms. The fraction of sp³-hybridized carbons (Fsp3) is 0.684. The van der Waals surface area contributed by atoms with Crippen LogP contribution in [0.3, 0.4) is 0 Å². The molecule has 0 spiro atoms. The van der Waals surface area contributed by atoms with E-state index >= 15 is 0 Å². The summed E-state index contributed by atoms with van der Waals surface area (Å²) in [5, 5.41) is 3.78. The highest BCUT2D eigenvalue weighted by Crippen LogP contribution is 2.40. The molecular formula is C19H29NO. The van der Waals surface area contributed by atoms with Crippen molar-refractivity contribution in [2.24, 2.45) is 5.41 Å². The summed E-state index contributed by atoms with van der Waals surface area (Å²) in [6.07, 6.45) is 12.4. The van der Waals surface area contributed by atoms with E-state index in [2.05, 4.69) is 5.32 Å². The molecule has 116 valence electrons. The van der Waals surface area contributed by atoms with Gasteiger partial charge in [0.15, 0.2) is 0 Å². The third-order valence-corrected chi connectivity index (χ3v) is 5.12. The Balaban J connectivity index is 1.42. The van der Waals surface area contributed by atoms with Gasteiger partial charge in [-0.1, -0.05) is 37.5 Å². The van der Waals surface area contributed by atoms with Crippen molar-refractivity contribution in [3.8, 4) is 5.75 Å². The Morgan fingerprint density at radius 3 is 2.52 bits per heavy atom. The highest BCUT2D eigenvalue weighted by molar-refractivity contribution is 5.20. The Morgan fingerprint density at radius 2 is 1.81 bits per heavy atom. The van der Waals surface area contributed by atoms with Gasteiger partial charge in [-0.15, -0.1) is 0 Å². The molecule has 2 aliphatic rings. The fourth-order valence-electron chi connectivity index (χ4n) is 3.62. The summed E-state index contributed by atoms with van der Waals surface area (Å²) < 4.78 is 5.86. The number of hydrogen-bond acceptors (Lipinski definition) is 2. The van der Waals surface area contributed by atoms with Gasteiger partial charge in [-0.05, 0) is 56.1 Å². The predicted molar refractivity (Wildman–Crippen MR) is 87.7 cm³/mol. The highest BCUT2D eigenvalue weighted by Gasteiger charge is 2.33. The van der Waals surface area contributed by atoms with Crippen LogP contribution in [-0.2, 0) is 0 Å². The van der Waals surface area contributed by atoms with Gasteiger partial charge in [0.2, 0.25) is 0 Å². The van der Waals surface area contributed by atoms with E-state index in [1.54, 1.807) is 0 Å². The molecule has 1 aromatic rings. The molecule has 0 saturated heterocycles. The van der Waals surface area contributed by atoms with Gasteiger partial charge >= 0.3 is 0 Å². The van der Waals surface area contributed by atoms with E-state index < -0.39 is 0 Å². The van der Waals surface area contributed by atoms with E-state index in [-0.39, 0.29) is 0 Å². The number of rotatable bonds is 8. The van der Waals surface area contributed by atoms with E-state index in [0.29, 0.717) is 5.41 Å². The second-order valence-electron chi connectivity index (χ2n) is 6.98. The topological polar surface area (TPSA) is 21.3 Å². The van der Waals surface area contributed by atoms with Crippen LogP contribution in [0.1, 0.15) is 57.8 Å². The van der Waals surface area contributed by atoms with Gasteiger partial charge in [-0.3, -0.25) is 0 Å². The molecule has 2 saturated carbocycles. The Morgan fingerprint density at radius 1 is 1.05 bits per heavy atom. The first kappa shape index (κ1) is 14.9. The van der Waals surface area contributed by atoms with Crippen molar-refractivity contribution in [2.45, 2.75) is 63.8 Å². The average Bonchev–Trinajstić information content (AvgIpc) is 3.36. The van der Waals surface area contributed by atoms with Gasteiger partial charge in [-0.25, -0.2) is 0 Å². The zero-order valence-electron chi connectivity index (χ0n) is 13.2. The molecule has 0 aromatic heterocycles. The molecule has 2 heteroatoms. The first-order valence-electron chi connectivity index (χ1n) is 8.78. The van der Waals surface area contributed by atoms with E-state index in [1.165, 1.54) is 64.3 Å². The number of nitrogens with one attached hydrogen (secondary N) is 1. The summed E-state index contributed by atoms with van der Waals surface area (Å²) in [6.45, 7) is 2.10. The highest BCUT2D eigenvalue weighted by atomic mass is 16.5. The van der Waals surface area contributed by atoms with Crippen LogP contribution in [0, 0.1) is 5.41 Å². The molecule has 3 rings (SSSR count). The summed E-state index contributed by atoms with van der Waals surface area (Å²) in [4.78, 5) is 0. The quantitative estimate of drug-likeness (QED) is 0.708. The third kappa shape index (κ3) is 4.74. The number of ether oxygens (including phenoxy) is 1. The third-order valence-electron chi connectivity index (χ3n) is 5.12. The lowest BCUT2D eigenvalue weighted by Gasteiger charge is -2.38. The van der Waals surface area contributed by atoms with E-state index in [4.69, 9.17) is 4.74 Å². The van der Waals surface area contributed by atoms with Crippen LogP contribution >= 0.6 is 0 Å². The normalized spacial score (nSPS) is 21.1. The molecule has 0 unspecified atom stereocenters. The van der Waals surface area contributed by atoms with Gasteiger partial charge in [0.25, 0.3) is 0 Å². The second kappa shape index (κ2) is 7.31. The largest absolute Gasteiger partial charge is 0.494 e. The molecule has 0 atom stereocenters. The van der Waals surface area contributed by atoms with Crippen molar-refractivity contribution in [3.63, 3.8) is 0 Å². The van der Waals surface area contributed by atoms with Gasteiger partial charge < -0.3 is 10.1 Å². The monoisotopic (exact) mass is 287 g/mol. The molecule has 0 aliphatic heterocycles. The maximum absolute atomic E-state index is 5.86. The Hall–Kier alpha value is -1.02. The summed E-state index contributed by atoms with van der Waals surface area (Å²) in [6, 6.07) is 11.0. The van der Waals surface area contributed by atoms with Crippen LogP contribution in [0.2, 0.25) is 0 Å². The lowest BCUT2D eigenvalue weighted by molar-refractivity contribution is 0.150. The Bertz CT molecular complexity index is 407. The van der Waals surface area contributed by atoms with Crippen molar-refractivity contribution >= 4 is 0 Å². The van der Waals surface area contributed by atoms with Gasteiger partial charge in [-0.2, -0.15) is 0 Å². The minimum absolute atomic E-state index is 0.556. The SMILES string of the molecule is c1ccc(OCCCC2(CNC3CC3)CCCCC2)cc1. The van der Waals surface area contributed by atoms with Gasteiger partial charge in [0.1, 0.15) is 5.75 Å². The first-order valence-corrected chi connectivity index (χ1v) is 8.78. The summed E-state index contributed by atoms with van der Waals surface area (Å²) >= 11 is 0. The van der Waals surface area contributed by atoms with Crippen molar-refractivity contribution in [2.75, 3.05) is 13.2 Å². The van der Waals surface area contributed by atoms with Gasteiger partial charge in [0.05, 0.1) is 6.61 Å². The van der Waals surface area contributed by atoms with Crippen molar-refractivity contribution in [3.05, 3.63) is 30.3 Å². The molecule has 1 aromatic carbocycles. The molecule has 0 radical (unpaired) electrons. The van der Waals surface area contributed by atoms with Crippen LogP contribution in [0.25, 0.3) is 0 Å². The first-order chi connectivity index (χ1) is 10.4. The van der Waals surface area contributed by atoms with Crippen LogP contribution in [-0.4, -0.2) is 19.2 Å². The molecule has 2 nitrogen and oxygen atoms in total. The van der Waals surface area contributed by atoms with E-state index in [0.717, 1.165) is 18.4 Å². The van der Waals surface area contributed by atoms with Crippen molar-refractivity contribution in [1.29, 1.82) is 0 Å². The minimum atomic E-state index is 0.556. The summed E-state index contributed by atoms with van der Waals surface area (Å²) in [5.74, 6) is 1.01. The van der Waals surface area contributed by atoms with E-state index in [1.807, 2.05) is 30.3 Å². The molecule has 1 N–H and O–H groups in total. The molecule has 0 heterocycles. The maximum Gasteiger partial charge on any atom is 0.119 e. The lowest BCUT2D eigenvalue weighted by atomic mass is 9.71. The predicted octanol–water partition coefficient (Wildman–Crippen LogP) is 4.55. The number of hydrogen-bond donors (Lipinski definition) is 1. The molecule has 0 amide bonds. The average molecular weight is 287 g/mol. The lowest BCUT2D eigenvalue weighted by Crippen LogP contribution is -2.37. The summed E-state index contributed by atoms with van der Waals surface area (Å²) in [7, 11) is 0. The van der Waals surface area contributed by atoms with Crippen LogP contribution in [0.4, 0.5) is 0 Å². The standard InChI is InChI=1S/C19H29NO/c1-3-8-18(9-4-1)21-15-7-14-19(12-5-2-6-13-19)16-20-17-10-11-17/h1,3-4,8-9,17,20H,2,5-7,10-16H2. The minimum Gasteiger partial charge on any atom is -0.494 e. The maximum atomic E-state index is 5.86. The zero-order chi connectivity index (χ0) is 14.4. The van der Waals surface area contributed by atoms with Crippen molar-refractivity contribution in [1.82, 2.24) is 5.32 Å². The Kier molecular flexibility index (Phi) is 5.18. The molecular weight excluding hydrogens is 258 g/mol. The van der Waals surface area contributed by atoms with Crippen LogP contribution in [0.5, 0.6) is 5.75 Å². The smallest absolute Gasteiger partial charge is 0.119 e. The van der Waals surface area contributed by atoms with E-state index in [9.17, 15) is 0 Å². The second-order valence-corrected chi connectivity index (χ2v) is 6.98. The number of para-hydroxylation sites is 1.